The van der Waals surface area contributed by atoms with Crippen LogP contribution in [0.4, 0.5) is 4.79 Å². The summed E-state index contributed by atoms with van der Waals surface area (Å²) in [4.78, 5) is 26.1. The summed E-state index contributed by atoms with van der Waals surface area (Å²) >= 11 is 0. The first-order chi connectivity index (χ1) is 11.8. The normalized spacial score (nSPS) is 17.3. The average Bonchev–Trinajstić information content (AvgIpc) is 3.01. The zero-order valence-corrected chi connectivity index (χ0v) is 15.5. The van der Waals surface area contributed by atoms with Gasteiger partial charge in [0.1, 0.15) is 24.0 Å². The van der Waals surface area contributed by atoms with Crippen molar-refractivity contribution in [2.75, 3.05) is 19.7 Å². The van der Waals surface area contributed by atoms with Gasteiger partial charge in [-0.25, -0.2) is 4.79 Å². The molecule has 1 heterocycles. The predicted octanol–water partition coefficient (Wildman–Crippen LogP) is 2.89. The van der Waals surface area contributed by atoms with Gasteiger partial charge in [-0.05, 0) is 52.2 Å². The van der Waals surface area contributed by atoms with E-state index >= 15 is 0 Å². The van der Waals surface area contributed by atoms with Gasteiger partial charge in [-0.15, -0.1) is 0 Å². The molecule has 1 unspecified atom stereocenters. The van der Waals surface area contributed by atoms with Gasteiger partial charge >= 0.3 is 6.09 Å². The Morgan fingerprint density at radius 3 is 2.68 bits per heavy atom. The summed E-state index contributed by atoms with van der Waals surface area (Å²) in [5, 5.41) is 2.85. The minimum atomic E-state index is -0.567. The fraction of sp³-hybridized carbons (Fsp3) is 0.579. The topological polar surface area (TPSA) is 67.9 Å². The van der Waals surface area contributed by atoms with Crippen LogP contribution in [0.5, 0.6) is 5.75 Å². The summed E-state index contributed by atoms with van der Waals surface area (Å²) in [5.74, 6) is 0.657. The molecule has 0 bridgehead atoms. The van der Waals surface area contributed by atoms with Crippen LogP contribution in [0.1, 0.15) is 39.2 Å². The highest BCUT2D eigenvalue weighted by molar-refractivity contribution is 5.86. The van der Waals surface area contributed by atoms with Gasteiger partial charge in [-0.1, -0.05) is 18.2 Å². The van der Waals surface area contributed by atoms with E-state index in [1.165, 1.54) is 4.90 Å². The third-order valence-electron chi connectivity index (χ3n) is 3.94. The number of hydrogen-bond donors (Lipinski definition) is 1. The Hall–Kier alpha value is -2.24. The lowest BCUT2D eigenvalue weighted by Crippen LogP contribution is -2.48. The SMILES string of the molecule is Cc1ccccc1OCCNC(=O)C1CCCN1C(=O)OC(C)(C)C. The molecule has 0 aliphatic carbocycles. The van der Waals surface area contributed by atoms with Gasteiger partial charge in [0, 0.05) is 6.54 Å². The van der Waals surface area contributed by atoms with Gasteiger partial charge in [0.2, 0.25) is 5.91 Å². The molecule has 1 saturated heterocycles. The number of hydrogen-bond acceptors (Lipinski definition) is 4. The maximum absolute atomic E-state index is 12.4. The number of likely N-dealkylation sites (tertiary alicyclic amines) is 1. The Balaban J connectivity index is 1.79. The van der Waals surface area contributed by atoms with Crippen molar-refractivity contribution < 1.29 is 19.1 Å². The molecular formula is C19H28N2O4. The average molecular weight is 348 g/mol. The Bertz CT molecular complexity index is 610. The number of benzene rings is 1. The summed E-state index contributed by atoms with van der Waals surface area (Å²) in [7, 11) is 0. The van der Waals surface area contributed by atoms with E-state index in [2.05, 4.69) is 5.32 Å². The summed E-state index contributed by atoms with van der Waals surface area (Å²) in [5.41, 5.74) is 0.489. The summed E-state index contributed by atoms with van der Waals surface area (Å²) in [6.45, 7) is 8.76. The lowest BCUT2D eigenvalue weighted by atomic mass is 10.2. The number of ether oxygens (including phenoxy) is 2. The van der Waals surface area contributed by atoms with Crippen LogP contribution in [-0.2, 0) is 9.53 Å². The second-order valence-corrected chi connectivity index (χ2v) is 7.24. The van der Waals surface area contributed by atoms with Crippen molar-refractivity contribution in [1.82, 2.24) is 10.2 Å². The number of carbonyl (C=O) groups is 2. The molecule has 1 atom stereocenters. The second-order valence-electron chi connectivity index (χ2n) is 7.24. The van der Waals surface area contributed by atoms with Crippen LogP contribution >= 0.6 is 0 Å². The molecule has 1 N–H and O–H groups in total. The van der Waals surface area contributed by atoms with Gasteiger partial charge in [0.15, 0.2) is 0 Å². The molecule has 1 fully saturated rings. The largest absolute Gasteiger partial charge is 0.491 e. The van der Waals surface area contributed by atoms with E-state index in [0.717, 1.165) is 17.7 Å². The number of carbonyl (C=O) groups excluding carboxylic acids is 2. The van der Waals surface area contributed by atoms with E-state index < -0.39 is 17.7 Å². The van der Waals surface area contributed by atoms with Gasteiger partial charge in [0.05, 0.1) is 6.54 Å². The molecule has 25 heavy (non-hydrogen) atoms. The molecule has 6 nitrogen and oxygen atoms in total. The van der Waals surface area contributed by atoms with Crippen molar-refractivity contribution in [3.05, 3.63) is 29.8 Å². The number of nitrogens with zero attached hydrogens (tertiary/aromatic N) is 1. The van der Waals surface area contributed by atoms with E-state index in [4.69, 9.17) is 9.47 Å². The Morgan fingerprint density at radius 1 is 1.28 bits per heavy atom. The van der Waals surface area contributed by atoms with Crippen LogP contribution in [-0.4, -0.2) is 48.2 Å². The molecule has 0 spiro atoms. The Kier molecular flexibility index (Phi) is 6.28. The molecule has 0 saturated carbocycles. The fourth-order valence-corrected chi connectivity index (χ4v) is 2.75. The quantitative estimate of drug-likeness (QED) is 0.831. The third kappa shape index (κ3) is 5.66. The van der Waals surface area contributed by atoms with E-state index in [9.17, 15) is 9.59 Å². The first-order valence-corrected chi connectivity index (χ1v) is 8.74. The first kappa shape index (κ1) is 19.1. The number of para-hydroxylation sites is 1. The zero-order chi connectivity index (χ0) is 18.4. The minimum absolute atomic E-state index is 0.156. The minimum Gasteiger partial charge on any atom is -0.491 e. The van der Waals surface area contributed by atoms with Gasteiger partial charge < -0.3 is 14.8 Å². The molecule has 1 aromatic rings. The van der Waals surface area contributed by atoms with E-state index in [1.807, 2.05) is 52.0 Å². The van der Waals surface area contributed by atoms with Crippen LogP contribution in [0.2, 0.25) is 0 Å². The van der Waals surface area contributed by atoms with Crippen LogP contribution < -0.4 is 10.1 Å². The van der Waals surface area contributed by atoms with Crippen LogP contribution in [0.3, 0.4) is 0 Å². The van der Waals surface area contributed by atoms with Crippen molar-refractivity contribution in [2.45, 2.75) is 52.2 Å². The molecule has 1 aromatic carbocycles. The number of aryl methyl sites for hydroxylation is 1. The highest BCUT2D eigenvalue weighted by Crippen LogP contribution is 2.21. The molecule has 2 amide bonds. The lowest BCUT2D eigenvalue weighted by molar-refractivity contribution is -0.125. The van der Waals surface area contributed by atoms with Gasteiger partial charge in [-0.3, -0.25) is 9.69 Å². The van der Waals surface area contributed by atoms with Crippen LogP contribution in [0.25, 0.3) is 0 Å². The molecule has 138 valence electrons. The van der Waals surface area contributed by atoms with E-state index in [0.29, 0.717) is 26.1 Å². The Labute approximate surface area is 149 Å². The van der Waals surface area contributed by atoms with Crippen molar-refractivity contribution in [2.24, 2.45) is 0 Å². The maximum atomic E-state index is 12.4. The molecule has 1 aliphatic rings. The van der Waals surface area contributed by atoms with Crippen molar-refractivity contribution in [3.8, 4) is 5.75 Å². The van der Waals surface area contributed by atoms with Gasteiger partial charge in [-0.2, -0.15) is 0 Å². The molecule has 0 aromatic heterocycles. The molecule has 2 rings (SSSR count). The van der Waals surface area contributed by atoms with Crippen LogP contribution in [0, 0.1) is 6.92 Å². The van der Waals surface area contributed by atoms with Crippen molar-refractivity contribution >= 4 is 12.0 Å². The predicted molar refractivity (Wildman–Crippen MR) is 95.6 cm³/mol. The third-order valence-corrected chi connectivity index (χ3v) is 3.94. The maximum Gasteiger partial charge on any atom is 0.410 e. The smallest absolute Gasteiger partial charge is 0.410 e. The lowest BCUT2D eigenvalue weighted by Gasteiger charge is -2.28. The highest BCUT2D eigenvalue weighted by atomic mass is 16.6. The zero-order valence-electron chi connectivity index (χ0n) is 15.5. The highest BCUT2D eigenvalue weighted by Gasteiger charge is 2.36. The number of rotatable bonds is 5. The molecule has 6 heteroatoms. The monoisotopic (exact) mass is 348 g/mol. The second kappa shape index (κ2) is 8.23. The fourth-order valence-electron chi connectivity index (χ4n) is 2.75. The summed E-state index contributed by atoms with van der Waals surface area (Å²) in [6.07, 6.45) is 1.03. The summed E-state index contributed by atoms with van der Waals surface area (Å²) in [6, 6.07) is 7.28. The number of nitrogens with one attached hydrogen (secondary N) is 1. The van der Waals surface area contributed by atoms with Crippen molar-refractivity contribution in [1.29, 1.82) is 0 Å². The molecule has 0 radical (unpaired) electrons. The van der Waals surface area contributed by atoms with Crippen LogP contribution in [0.15, 0.2) is 24.3 Å². The molecular weight excluding hydrogens is 320 g/mol. The summed E-state index contributed by atoms with van der Waals surface area (Å²) < 4.78 is 11.1. The standard InChI is InChI=1S/C19H28N2O4/c1-14-8-5-6-10-16(14)24-13-11-20-17(22)15-9-7-12-21(15)18(23)25-19(2,3)4/h5-6,8,10,15H,7,9,11-13H2,1-4H3,(H,20,22). The molecule has 1 aliphatic heterocycles. The van der Waals surface area contributed by atoms with Gasteiger partial charge in [0.25, 0.3) is 0 Å². The van der Waals surface area contributed by atoms with Crippen molar-refractivity contribution in [3.63, 3.8) is 0 Å². The van der Waals surface area contributed by atoms with E-state index in [-0.39, 0.29) is 5.91 Å². The Morgan fingerprint density at radius 2 is 2.00 bits per heavy atom. The number of amides is 2. The first-order valence-electron chi connectivity index (χ1n) is 8.74. The van der Waals surface area contributed by atoms with E-state index in [1.54, 1.807) is 0 Å².